The smallest absolute Gasteiger partial charge is 0.245 e. The molecule has 0 unspecified atom stereocenters. The van der Waals surface area contributed by atoms with Gasteiger partial charge in [0.2, 0.25) is 11.9 Å². The molecular weight excluding hydrogens is 190 g/mol. The minimum Gasteiger partial charge on any atom is -0.350 e. The third-order valence-corrected chi connectivity index (χ3v) is 2.18. The number of hydrogen-bond donors (Lipinski definition) is 2. The van der Waals surface area contributed by atoms with Gasteiger partial charge in [0.15, 0.2) is 0 Å². The molecule has 0 aromatic carbocycles. The number of anilines is 2. The summed E-state index contributed by atoms with van der Waals surface area (Å²) in [5.74, 6) is 1.40. The fraction of sp³-hybridized carbons (Fsp3) is 0.400. The lowest BCUT2D eigenvalue weighted by Crippen LogP contribution is -2.10. The predicted molar refractivity (Wildman–Crippen MR) is 61.0 cm³/mol. The van der Waals surface area contributed by atoms with E-state index in [9.17, 15) is 0 Å². The lowest BCUT2D eigenvalue weighted by Gasteiger charge is -2.04. The first-order chi connectivity index (χ1) is 7.25. The number of hydrogen-bond acceptors (Lipinski definition) is 4. The van der Waals surface area contributed by atoms with Crippen molar-refractivity contribution >= 4 is 11.9 Å². The highest BCUT2D eigenvalue weighted by atomic mass is 15.4. The minimum absolute atomic E-state index is 0.688. The van der Waals surface area contributed by atoms with Crippen LogP contribution in [0.25, 0.3) is 0 Å². The molecule has 0 saturated carbocycles. The van der Waals surface area contributed by atoms with Gasteiger partial charge in [-0.3, -0.25) is 0 Å². The van der Waals surface area contributed by atoms with Crippen LogP contribution in [0.15, 0.2) is 23.8 Å². The summed E-state index contributed by atoms with van der Waals surface area (Å²) in [6.07, 6.45) is 7.49. The Balaban J connectivity index is 1.90. The maximum atomic E-state index is 4.27. The number of allylic oxidation sites excluding steroid dienone is 2. The second kappa shape index (κ2) is 4.16. The van der Waals surface area contributed by atoms with Crippen molar-refractivity contribution in [3.05, 3.63) is 23.8 Å². The SMILES string of the molecule is CN(C)c1n[nH]c(NCC2=CCC=C2)n1. The van der Waals surface area contributed by atoms with Crippen LogP contribution in [0.3, 0.4) is 0 Å². The van der Waals surface area contributed by atoms with E-state index in [1.54, 1.807) is 0 Å². The maximum absolute atomic E-state index is 4.27. The van der Waals surface area contributed by atoms with Gasteiger partial charge in [-0.05, 0) is 12.0 Å². The molecule has 2 rings (SSSR count). The van der Waals surface area contributed by atoms with Gasteiger partial charge in [0.05, 0.1) is 0 Å². The first-order valence-electron chi connectivity index (χ1n) is 4.95. The summed E-state index contributed by atoms with van der Waals surface area (Å²) in [6.45, 7) is 0.790. The van der Waals surface area contributed by atoms with Gasteiger partial charge in [0, 0.05) is 20.6 Å². The molecule has 0 atom stereocenters. The molecule has 0 aliphatic heterocycles. The standard InChI is InChI=1S/C10H15N5/c1-15(2)10-12-9(13-14-10)11-7-8-5-3-4-6-8/h3,5-6H,4,7H2,1-2H3,(H2,11,12,13,14). The molecule has 0 fully saturated rings. The van der Waals surface area contributed by atoms with E-state index in [1.165, 1.54) is 5.57 Å². The number of aromatic nitrogens is 3. The van der Waals surface area contributed by atoms with E-state index in [4.69, 9.17) is 0 Å². The van der Waals surface area contributed by atoms with E-state index < -0.39 is 0 Å². The van der Waals surface area contributed by atoms with Crippen molar-refractivity contribution in [1.82, 2.24) is 15.2 Å². The highest BCUT2D eigenvalue weighted by Crippen LogP contribution is 2.10. The average molecular weight is 205 g/mol. The normalized spacial score (nSPS) is 14.1. The molecule has 2 N–H and O–H groups in total. The zero-order chi connectivity index (χ0) is 10.7. The molecule has 1 heterocycles. The van der Waals surface area contributed by atoms with Crippen LogP contribution in [-0.2, 0) is 0 Å². The predicted octanol–water partition coefficient (Wildman–Crippen LogP) is 1.17. The third-order valence-electron chi connectivity index (χ3n) is 2.18. The Morgan fingerprint density at radius 3 is 3.00 bits per heavy atom. The van der Waals surface area contributed by atoms with Gasteiger partial charge in [0.1, 0.15) is 0 Å². The van der Waals surface area contributed by atoms with Gasteiger partial charge in [-0.25, -0.2) is 5.10 Å². The number of nitrogens with zero attached hydrogens (tertiary/aromatic N) is 3. The molecule has 1 aliphatic rings. The van der Waals surface area contributed by atoms with Crippen LogP contribution in [-0.4, -0.2) is 35.8 Å². The van der Waals surface area contributed by atoms with Crippen LogP contribution < -0.4 is 10.2 Å². The van der Waals surface area contributed by atoms with Crippen molar-refractivity contribution in [1.29, 1.82) is 0 Å². The van der Waals surface area contributed by atoms with E-state index >= 15 is 0 Å². The Morgan fingerprint density at radius 2 is 2.40 bits per heavy atom. The summed E-state index contributed by atoms with van der Waals surface area (Å²) < 4.78 is 0. The molecule has 1 aromatic heterocycles. The molecule has 0 bridgehead atoms. The van der Waals surface area contributed by atoms with Crippen molar-refractivity contribution in [3.63, 3.8) is 0 Å². The molecule has 1 aromatic rings. The van der Waals surface area contributed by atoms with Crippen LogP contribution in [0.1, 0.15) is 6.42 Å². The van der Waals surface area contributed by atoms with Crippen LogP contribution >= 0.6 is 0 Å². The molecule has 0 amide bonds. The lowest BCUT2D eigenvalue weighted by atomic mass is 10.3. The zero-order valence-corrected chi connectivity index (χ0v) is 8.99. The summed E-state index contributed by atoms with van der Waals surface area (Å²) in [6, 6.07) is 0. The monoisotopic (exact) mass is 205 g/mol. The zero-order valence-electron chi connectivity index (χ0n) is 8.99. The Hall–Kier alpha value is -1.78. The van der Waals surface area contributed by atoms with Crippen LogP contribution in [0.4, 0.5) is 11.9 Å². The topological polar surface area (TPSA) is 56.8 Å². The second-order valence-electron chi connectivity index (χ2n) is 3.65. The first-order valence-corrected chi connectivity index (χ1v) is 4.95. The van der Waals surface area contributed by atoms with Gasteiger partial charge in [0.25, 0.3) is 0 Å². The van der Waals surface area contributed by atoms with Crippen molar-refractivity contribution in [2.75, 3.05) is 30.9 Å². The fourth-order valence-electron chi connectivity index (χ4n) is 1.36. The van der Waals surface area contributed by atoms with E-state index in [0.29, 0.717) is 11.9 Å². The lowest BCUT2D eigenvalue weighted by molar-refractivity contribution is 0.998. The van der Waals surface area contributed by atoms with E-state index in [0.717, 1.165) is 13.0 Å². The van der Waals surface area contributed by atoms with Gasteiger partial charge in [-0.1, -0.05) is 18.2 Å². The van der Waals surface area contributed by atoms with E-state index in [-0.39, 0.29) is 0 Å². The Labute approximate surface area is 88.9 Å². The third kappa shape index (κ3) is 2.37. The molecule has 0 spiro atoms. The summed E-state index contributed by atoms with van der Waals surface area (Å²) >= 11 is 0. The number of aromatic amines is 1. The van der Waals surface area contributed by atoms with Crippen molar-refractivity contribution in [2.24, 2.45) is 0 Å². The highest BCUT2D eigenvalue weighted by molar-refractivity contribution is 5.38. The van der Waals surface area contributed by atoms with Gasteiger partial charge < -0.3 is 10.2 Å². The summed E-state index contributed by atoms with van der Waals surface area (Å²) in [7, 11) is 3.82. The molecule has 5 heteroatoms. The summed E-state index contributed by atoms with van der Waals surface area (Å²) in [5, 5.41) is 10.1. The Bertz CT molecular complexity index is 388. The minimum atomic E-state index is 0.688. The van der Waals surface area contributed by atoms with Crippen molar-refractivity contribution < 1.29 is 0 Å². The average Bonchev–Trinajstić information content (AvgIpc) is 2.86. The quantitative estimate of drug-likeness (QED) is 0.774. The van der Waals surface area contributed by atoms with Crippen LogP contribution in [0.5, 0.6) is 0 Å². The molecule has 15 heavy (non-hydrogen) atoms. The molecule has 1 aliphatic carbocycles. The summed E-state index contributed by atoms with van der Waals surface area (Å²) in [4.78, 5) is 6.13. The Kier molecular flexibility index (Phi) is 2.71. The maximum Gasteiger partial charge on any atom is 0.245 e. The molecule has 5 nitrogen and oxygen atoms in total. The number of H-pyrrole nitrogens is 1. The fourth-order valence-corrected chi connectivity index (χ4v) is 1.36. The van der Waals surface area contributed by atoms with Gasteiger partial charge >= 0.3 is 0 Å². The number of rotatable bonds is 4. The highest BCUT2D eigenvalue weighted by Gasteiger charge is 2.04. The number of nitrogens with one attached hydrogen (secondary N) is 2. The molecular formula is C10H15N5. The Morgan fingerprint density at radius 1 is 1.53 bits per heavy atom. The van der Waals surface area contributed by atoms with Crippen LogP contribution in [0, 0.1) is 0 Å². The second-order valence-corrected chi connectivity index (χ2v) is 3.65. The molecule has 0 radical (unpaired) electrons. The van der Waals surface area contributed by atoms with Crippen molar-refractivity contribution in [3.8, 4) is 0 Å². The van der Waals surface area contributed by atoms with Gasteiger partial charge in [-0.15, -0.1) is 5.10 Å². The molecule has 0 saturated heterocycles. The first kappa shape index (κ1) is 9.76. The largest absolute Gasteiger partial charge is 0.350 e. The van der Waals surface area contributed by atoms with Crippen LogP contribution in [0.2, 0.25) is 0 Å². The van der Waals surface area contributed by atoms with Gasteiger partial charge in [-0.2, -0.15) is 4.98 Å². The summed E-state index contributed by atoms with van der Waals surface area (Å²) in [5.41, 5.74) is 1.29. The molecule has 80 valence electrons. The van der Waals surface area contributed by atoms with E-state index in [2.05, 4.69) is 38.7 Å². The van der Waals surface area contributed by atoms with E-state index in [1.807, 2.05) is 19.0 Å². The van der Waals surface area contributed by atoms with Crippen molar-refractivity contribution in [2.45, 2.75) is 6.42 Å².